The first-order valence-corrected chi connectivity index (χ1v) is 6.89. The van der Waals surface area contributed by atoms with E-state index in [0.717, 1.165) is 11.5 Å². The van der Waals surface area contributed by atoms with Gasteiger partial charge < -0.3 is 10.1 Å². The van der Waals surface area contributed by atoms with E-state index in [-0.39, 0.29) is 17.1 Å². The topological polar surface area (TPSA) is 55.4 Å². The van der Waals surface area contributed by atoms with Gasteiger partial charge in [-0.05, 0) is 37.6 Å². The van der Waals surface area contributed by atoms with Crippen LogP contribution in [0.2, 0.25) is 0 Å². The predicted molar refractivity (Wildman–Crippen MR) is 70.9 cm³/mol. The monoisotopic (exact) mass is 265 g/mol. The molecule has 1 N–H and O–H groups in total. The number of hydrogen-bond acceptors (Lipinski definition) is 4. The third-order valence-electron chi connectivity index (χ3n) is 2.67. The highest BCUT2D eigenvalue weighted by molar-refractivity contribution is 8.14. The van der Waals surface area contributed by atoms with Crippen LogP contribution >= 0.6 is 11.8 Å². The molecular formula is C13H15NO3S. The number of benzene rings is 1. The van der Waals surface area contributed by atoms with Crippen LogP contribution in [0.3, 0.4) is 0 Å². The molecule has 0 saturated carbocycles. The van der Waals surface area contributed by atoms with Crippen molar-refractivity contribution in [1.82, 2.24) is 5.32 Å². The molecule has 0 radical (unpaired) electrons. The van der Waals surface area contributed by atoms with Gasteiger partial charge in [0.05, 0.1) is 12.6 Å². The molecule has 0 aromatic heterocycles. The zero-order valence-electron chi connectivity index (χ0n) is 10.1. The fourth-order valence-electron chi connectivity index (χ4n) is 1.74. The van der Waals surface area contributed by atoms with Gasteiger partial charge in [0, 0.05) is 11.3 Å². The molecule has 0 unspecified atom stereocenters. The minimum Gasteiger partial charge on any atom is -0.494 e. The number of amides is 1. The van der Waals surface area contributed by atoms with E-state index >= 15 is 0 Å². The van der Waals surface area contributed by atoms with Crippen molar-refractivity contribution in [3.05, 3.63) is 29.8 Å². The minimum atomic E-state index is -0.339. The number of nitrogens with one attached hydrogen (secondary N) is 1. The van der Waals surface area contributed by atoms with Crippen molar-refractivity contribution in [1.29, 1.82) is 0 Å². The van der Waals surface area contributed by atoms with E-state index in [1.54, 1.807) is 24.3 Å². The summed E-state index contributed by atoms with van der Waals surface area (Å²) >= 11 is 1.28. The Hall–Kier alpha value is -1.49. The summed E-state index contributed by atoms with van der Waals surface area (Å²) in [5.74, 6) is 1.31. The maximum atomic E-state index is 11.9. The summed E-state index contributed by atoms with van der Waals surface area (Å²) < 4.78 is 5.30. The molecular weight excluding hydrogens is 250 g/mol. The smallest absolute Gasteiger partial charge is 0.251 e. The fraction of sp³-hybridized carbons (Fsp3) is 0.385. The summed E-state index contributed by atoms with van der Waals surface area (Å²) in [6, 6.07) is 6.57. The first-order valence-electron chi connectivity index (χ1n) is 5.91. The van der Waals surface area contributed by atoms with Gasteiger partial charge in [-0.1, -0.05) is 11.8 Å². The van der Waals surface area contributed by atoms with Gasteiger partial charge in [0.2, 0.25) is 5.12 Å². The van der Waals surface area contributed by atoms with Crippen LogP contribution < -0.4 is 10.1 Å². The molecule has 18 heavy (non-hydrogen) atoms. The Labute approximate surface area is 110 Å². The molecule has 1 fully saturated rings. The van der Waals surface area contributed by atoms with Crippen LogP contribution in [-0.2, 0) is 4.79 Å². The molecule has 1 amide bonds. The minimum absolute atomic E-state index is 0.0503. The lowest BCUT2D eigenvalue weighted by atomic mass is 10.2. The molecule has 1 aromatic rings. The molecule has 1 atom stereocenters. The standard InChI is InChI=1S/C13H15NO3S/c1-2-17-10-5-3-9(4-6-10)12(15)14-11-7-8-18-13(11)16/h3-6,11H,2,7-8H2,1H3,(H,14,15)/t11-/m1/s1. The Kier molecular flexibility index (Phi) is 4.25. The molecule has 5 heteroatoms. The van der Waals surface area contributed by atoms with Crippen LogP contribution in [0.4, 0.5) is 0 Å². The molecule has 1 aliphatic rings. The Bertz CT molecular complexity index is 444. The van der Waals surface area contributed by atoms with Crippen LogP contribution in [0.25, 0.3) is 0 Å². The molecule has 0 bridgehead atoms. The third-order valence-corrected chi connectivity index (χ3v) is 3.68. The highest BCUT2D eigenvalue weighted by atomic mass is 32.2. The highest BCUT2D eigenvalue weighted by Crippen LogP contribution is 2.20. The third kappa shape index (κ3) is 3.04. The summed E-state index contributed by atoms with van der Waals surface area (Å²) in [7, 11) is 0. The number of rotatable bonds is 4. The second kappa shape index (κ2) is 5.91. The maximum absolute atomic E-state index is 11.9. The second-order valence-electron chi connectivity index (χ2n) is 3.94. The van der Waals surface area contributed by atoms with Crippen molar-refractivity contribution < 1.29 is 14.3 Å². The van der Waals surface area contributed by atoms with Crippen LogP contribution in [0.1, 0.15) is 23.7 Å². The molecule has 1 heterocycles. The zero-order valence-corrected chi connectivity index (χ0v) is 11.0. The molecule has 2 rings (SSSR count). The van der Waals surface area contributed by atoms with Gasteiger partial charge >= 0.3 is 0 Å². The summed E-state index contributed by atoms with van der Waals surface area (Å²) in [6.45, 7) is 2.50. The summed E-state index contributed by atoms with van der Waals surface area (Å²) in [4.78, 5) is 23.3. The van der Waals surface area contributed by atoms with Gasteiger partial charge in [-0.2, -0.15) is 0 Å². The highest BCUT2D eigenvalue weighted by Gasteiger charge is 2.26. The number of ether oxygens (including phenoxy) is 1. The zero-order chi connectivity index (χ0) is 13.0. The lowest BCUT2D eigenvalue weighted by molar-refractivity contribution is -0.112. The van der Waals surface area contributed by atoms with Gasteiger partial charge in [-0.15, -0.1) is 0 Å². The molecule has 96 valence electrons. The predicted octanol–water partition coefficient (Wildman–Crippen LogP) is 1.85. The Morgan fingerprint density at radius 2 is 2.17 bits per heavy atom. The van der Waals surface area contributed by atoms with Gasteiger partial charge in [0.15, 0.2) is 0 Å². The molecule has 0 spiro atoms. The molecule has 4 nitrogen and oxygen atoms in total. The van der Waals surface area contributed by atoms with Gasteiger partial charge in [-0.25, -0.2) is 0 Å². The van der Waals surface area contributed by atoms with Crippen molar-refractivity contribution in [2.24, 2.45) is 0 Å². The van der Waals surface area contributed by atoms with Gasteiger partial charge in [0.25, 0.3) is 5.91 Å². The van der Waals surface area contributed by atoms with E-state index in [1.807, 2.05) is 6.92 Å². The van der Waals surface area contributed by atoms with E-state index in [4.69, 9.17) is 4.74 Å². The summed E-state index contributed by atoms with van der Waals surface area (Å²) in [6.07, 6.45) is 0.715. The van der Waals surface area contributed by atoms with E-state index in [0.29, 0.717) is 18.6 Å². The normalized spacial score (nSPS) is 18.7. The quantitative estimate of drug-likeness (QED) is 0.902. The van der Waals surface area contributed by atoms with Crippen molar-refractivity contribution >= 4 is 22.8 Å². The number of thioether (sulfide) groups is 1. The SMILES string of the molecule is CCOc1ccc(C(=O)N[C@@H]2CCSC2=O)cc1. The van der Waals surface area contributed by atoms with E-state index in [2.05, 4.69) is 5.32 Å². The lowest BCUT2D eigenvalue weighted by Gasteiger charge is -2.10. The molecule has 1 aromatic carbocycles. The summed E-state index contributed by atoms with van der Waals surface area (Å²) in [5.41, 5.74) is 0.545. The molecule has 1 saturated heterocycles. The van der Waals surface area contributed by atoms with E-state index in [1.165, 1.54) is 11.8 Å². The first-order chi connectivity index (χ1) is 8.70. The Morgan fingerprint density at radius 3 is 2.72 bits per heavy atom. The first kappa shape index (κ1) is 13.0. The van der Waals surface area contributed by atoms with Crippen LogP contribution in [0.15, 0.2) is 24.3 Å². The van der Waals surface area contributed by atoms with Gasteiger partial charge in [-0.3, -0.25) is 9.59 Å². The van der Waals surface area contributed by atoms with Crippen molar-refractivity contribution in [3.63, 3.8) is 0 Å². The van der Waals surface area contributed by atoms with Crippen molar-refractivity contribution in [2.75, 3.05) is 12.4 Å². The second-order valence-corrected chi connectivity index (χ2v) is 5.04. The number of hydrogen-bond donors (Lipinski definition) is 1. The van der Waals surface area contributed by atoms with Crippen molar-refractivity contribution in [2.45, 2.75) is 19.4 Å². The molecule has 0 aliphatic carbocycles. The van der Waals surface area contributed by atoms with Crippen LogP contribution in [0, 0.1) is 0 Å². The average Bonchev–Trinajstić information content (AvgIpc) is 2.76. The number of carbonyl (C=O) groups is 2. The van der Waals surface area contributed by atoms with E-state index in [9.17, 15) is 9.59 Å². The average molecular weight is 265 g/mol. The van der Waals surface area contributed by atoms with Crippen molar-refractivity contribution in [3.8, 4) is 5.75 Å². The van der Waals surface area contributed by atoms with Crippen LogP contribution in [-0.4, -0.2) is 29.4 Å². The van der Waals surface area contributed by atoms with Gasteiger partial charge in [0.1, 0.15) is 5.75 Å². The van der Waals surface area contributed by atoms with E-state index < -0.39 is 0 Å². The Balaban J connectivity index is 1.98. The van der Waals surface area contributed by atoms with Crippen LogP contribution in [0.5, 0.6) is 5.75 Å². The summed E-state index contributed by atoms with van der Waals surface area (Å²) in [5, 5.41) is 2.80. The Morgan fingerprint density at radius 1 is 1.44 bits per heavy atom. The maximum Gasteiger partial charge on any atom is 0.251 e. The number of carbonyl (C=O) groups excluding carboxylic acids is 2. The largest absolute Gasteiger partial charge is 0.494 e. The fourth-order valence-corrected chi connectivity index (χ4v) is 2.67. The molecule has 1 aliphatic heterocycles. The lowest BCUT2D eigenvalue weighted by Crippen LogP contribution is -2.37.